The number of nitro groups is 1. The highest BCUT2D eigenvalue weighted by Crippen LogP contribution is 2.54. The Hall–Kier alpha value is -3.68. The monoisotopic (exact) mass is 600 g/mol. The van der Waals surface area contributed by atoms with E-state index in [1.807, 2.05) is 0 Å². The lowest BCUT2D eigenvalue weighted by molar-refractivity contribution is -0.392. The molecule has 0 spiro atoms. The van der Waals surface area contributed by atoms with Crippen molar-refractivity contribution < 1.29 is 46.9 Å². The molecule has 0 unspecified atom stereocenters. The first-order valence-electron chi connectivity index (χ1n) is 12.8. The van der Waals surface area contributed by atoms with E-state index < -0.39 is 36.0 Å². The quantitative estimate of drug-likeness (QED) is 0.0906. The third-order valence-corrected chi connectivity index (χ3v) is 6.67. The Balaban J connectivity index is 2.24. The Morgan fingerprint density at radius 2 is 1.66 bits per heavy atom. The van der Waals surface area contributed by atoms with E-state index in [0.29, 0.717) is 5.56 Å². The van der Waals surface area contributed by atoms with Crippen LogP contribution in [0.15, 0.2) is 18.2 Å². The van der Waals surface area contributed by atoms with Gasteiger partial charge < -0.3 is 34.2 Å². The van der Waals surface area contributed by atoms with Gasteiger partial charge in [-0.3, -0.25) is 13.8 Å². The number of nitrogens with one attached hydrogen (secondary N) is 1. The number of Topliss-reactive ketones (excluding diaryl/α,β-unsaturated/α-hetero) is 1. The van der Waals surface area contributed by atoms with Crippen LogP contribution in [0.3, 0.4) is 0 Å². The molecule has 1 heterocycles. The molecule has 0 fully saturated rings. The second-order valence-corrected chi connectivity index (χ2v) is 11.1. The Bertz CT molecular complexity index is 1240. The molecule has 1 aromatic carbocycles. The molecular weight excluding hydrogens is 563 g/mol. The van der Waals surface area contributed by atoms with E-state index in [2.05, 4.69) is 10.4 Å². The van der Waals surface area contributed by atoms with Crippen LogP contribution < -0.4 is 19.3 Å². The van der Waals surface area contributed by atoms with E-state index >= 15 is 0 Å². The number of carbonyl (C=O) groups excluding carboxylic acids is 2. The third-order valence-electron chi connectivity index (χ3n) is 5.11. The number of carbonyl (C=O) groups is 2. The molecule has 2 rings (SSSR count). The standard InChI is InChI=1S/C25H37N4O11P/c1-8-37-41(34,38-9-2)40-23-20(35-6)13-17(14-21(23)36-7)16-28-22(29(32)33)15-18(27-28)19(30)11-10-12-26-24(31)39-25(3,4)5/h13-15H,8-12,16H2,1-7H3,(H,26,31). The largest absolute Gasteiger partial charge is 0.530 e. The van der Waals surface area contributed by atoms with Gasteiger partial charge in [0.05, 0.1) is 33.5 Å². The zero-order valence-corrected chi connectivity index (χ0v) is 25.1. The number of phosphoric ester groups is 1. The van der Waals surface area contributed by atoms with E-state index in [0.717, 1.165) is 10.7 Å². The van der Waals surface area contributed by atoms with Gasteiger partial charge in [0.1, 0.15) is 12.1 Å². The number of hydrogen-bond acceptors (Lipinski definition) is 12. The summed E-state index contributed by atoms with van der Waals surface area (Å²) in [5.41, 5.74) is -0.301. The van der Waals surface area contributed by atoms with E-state index in [1.165, 1.54) is 26.4 Å². The minimum atomic E-state index is -3.99. The summed E-state index contributed by atoms with van der Waals surface area (Å²) in [5.74, 6) is -0.685. The van der Waals surface area contributed by atoms with Crippen LogP contribution in [-0.2, 0) is 24.9 Å². The number of benzene rings is 1. The molecule has 0 aliphatic rings. The van der Waals surface area contributed by atoms with E-state index in [9.17, 15) is 24.3 Å². The Morgan fingerprint density at radius 1 is 1.07 bits per heavy atom. The number of alkyl carbamates (subject to hydrolysis) is 1. The van der Waals surface area contributed by atoms with Crippen LogP contribution in [0.1, 0.15) is 63.5 Å². The predicted molar refractivity (Wildman–Crippen MR) is 147 cm³/mol. The molecule has 0 saturated carbocycles. The maximum Gasteiger partial charge on any atom is 0.530 e. The van der Waals surface area contributed by atoms with Gasteiger partial charge in [0.15, 0.2) is 23.0 Å². The van der Waals surface area contributed by atoms with Gasteiger partial charge in [-0.1, -0.05) is 5.10 Å². The van der Waals surface area contributed by atoms with Crippen LogP contribution in [-0.4, -0.2) is 66.2 Å². The number of hydrogen-bond donors (Lipinski definition) is 1. The molecule has 41 heavy (non-hydrogen) atoms. The van der Waals surface area contributed by atoms with Crippen molar-refractivity contribution in [3.63, 3.8) is 0 Å². The number of amides is 1. The van der Waals surface area contributed by atoms with Crippen LogP contribution in [0.5, 0.6) is 17.2 Å². The van der Waals surface area contributed by atoms with Crippen LogP contribution in [0.25, 0.3) is 0 Å². The molecule has 1 aromatic heterocycles. The molecule has 0 saturated heterocycles. The molecule has 16 heteroatoms. The lowest BCUT2D eigenvalue weighted by Crippen LogP contribution is -2.33. The molecule has 1 amide bonds. The summed E-state index contributed by atoms with van der Waals surface area (Å²) in [6.07, 6.45) is -0.329. The zero-order chi connectivity index (χ0) is 30.8. The fraction of sp³-hybridized carbons (Fsp3) is 0.560. The predicted octanol–water partition coefficient (Wildman–Crippen LogP) is 4.90. The molecule has 2 aromatic rings. The van der Waals surface area contributed by atoms with Gasteiger partial charge >= 0.3 is 19.7 Å². The van der Waals surface area contributed by atoms with Crippen molar-refractivity contribution in [3.05, 3.63) is 39.6 Å². The highest BCUT2D eigenvalue weighted by Gasteiger charge is 2.32. The molecular formula is C25H37N4O11P. The van der Waals surface area contributed by atoms with Gasteiger partial charge in [-0.05, 0) is 58.1 Å². The summed E-state index contributed by atoms with van der Waals surface area (Å²) < 4.78 is 45.9. The topological polar surface area (TPSA) is 180 Å². The molecule has 0 radical (unpaired) electrons. The zero-order valence-electron chi connectivity index (χ0n) is 24.3. The maximum atomic E-state index is 12.9. The second-order valence-electron chi connectivity index (χ2n) is 9.46. The second kappa shape index (κ2) is 14.8. The molecule has 15 nitrogen and oxygen atoms in total. The van der Waals surface area contributed by atoms with Crippen LogP contribution >= 0.6 is 7.82 Å². The van der Waals surface area contributed by atoms with Crippen molar-refractivity contribution >= 4 is 25.5 Å². The van der Waals surface area contributed by atoms with Crippen molar-refractivity contribution in [2.45, 2.75) is 59.6 Å². The SMILES string of the molecule is CCOP(=O)(OCC)Oc1c(OC)cc(Cn2nc(C(=O)CCCNC(=O)OC(C)(C)C)cc2[N+](=O)[O-])cc1OC. The first kappa shape index (κ1) is 33.5. The normalized spacial score (nSPS) is 11.6. The van der Waals surface area contributed by atoms with Crippen molar-refractivity contribution in [2.75, 3.05) is 34.0 Å². The van der Waals surface area contributed by atoms with Gasteiger partial charge in [0.2, 0.25) is 5.75 Å². The van der Waals surface area contributed by atoms with Crippen LogP contribution in [0.4, 0.5) is 10.6 Å². The minimum absolute atomic E-state index is 0.00261. The summed E-state index contributed by atoms with van der Waals surface area (Å²) in [7, 11) is -1.29. The lowest BCUT2D eigenvalue weighted by Gasteiger charge is -2.20. The van der Waals surface area contributed by atoms with Gasteiger partial charge in [-0.15, -0.1) is 4.68 Å². The first-order chi connectivity index (χ1) is 19.3. The van der Waals surface area contributed by atoms with Gasteiger partial charge in [0.25, 0.3) is 0 Å². The van der Waals surface area contributed by atoms with Crippen molar-refractivity contribution in [3.8, 4) is 17.2 Å². The van der Waals surface area contributed by atoms with Crippen LogP contribution in [0.2, 0.25) is 0 Å². The Labute approximate surface area is 238 Å². The number of ketones is 1. The number of phosphoric acid groups is 1. The molecule has 228 valence electrons. The number of aromatic nitrogens is 2. The summed E-state index contributed by atoms with van der Waals surface area (Å²) in [6, 6.07) is 4.08. The molecule has 0 atom stereocenters. The fourth-order valence-corrected chi connectivity index (χ4v) is 4.71. The Morgan fingerprint density at radius 3 is 2.15 bits per heavy atom. The van der Waals surface area contributed by atoms with Gasteiger partial charge in [-0.25, -0.2) is 9.36 Å². The Kier molecular flexibility index (Phi) is 12.1. The summed E-state index contributed by atoms with van der Waals surface area (Å²) in [4.78, 5) is 35.5. The number of nitrogens with zero attached hydrogens (tertiary/aromatic N) is 3. The first-order valence-corrected chi connectivity index (χ1v) is 14.3. The smallest absolute Gasteiger partial charge is 0.493 e. The highest BCUT2D eigenvalue weighted by atomic mass is 31.2. The van der Waals surface area contributed by atoms with Gasteiger partial charge in [-0.2, -0.15) is 0 Å². The van der Waals surface area contributed by atoms with Crippen LogP contribution in [0, 0.1) is 10.1 Å². The average Bonchev–Trinajstić information content (AvgIpc) is 3.30. The molecule has 0 bridgehead atoms. The fourth-order valence-electron chi connectivity index (χ4n) is 3.49. The average molecular weight is 601 g/mol. The third kappa shape index (κ3) is 10.0. The summed E-state index contributed by atoms with van der Waals surface area (Å²) in [6.45, 7) is 8.62. The van der Waals surface area contributed by atoms with Gasteiger partial charge in [0, 0.05) is 18.5 Å². The summed E-state index contributed by atoms with van der Waals surface area (Å²) in [5, 5.41) is 18.4. The molecule has 0 aliphatic carbocycles. The number of rotatable bonds is 16. The highest BCUT2D eigenvalue weighted by molar-refractivity contribution is 7.48. The molecule has 0 aliphatic heterocycles. The number of ether oxygens (including phenoxy) is 3. The van der Waals surface area contributed by atoms with Crippen molar-refractivity contribution in [1.82, 2.24) is 15.1 Å². The van der Waals surface area contributed by atoms with E-state index in [-0.39, 0.29) is 62.1 Å². The van der Waals surface area contributed by atoms with Crippen molar-refractivity contribution in [1.29, 1.82) is 0 Å². The minimum Gasteiger partial charge on any atom is -0.493 e. The number of methoxy groups -OCH3 is 2. The van der Waals surface area contributed by atoms with E-state index in [4.69, 9.17) is 27.8 Å². The molecule has 1 N–H and O–H groups in total. The van der Waals surface area contributed by atoms with E-state index in [1.54, 1.807) is 34.6 Å². The maximum absolute atomic E-state index is 12.9. The summed E-state index contributed by atoms with van der Waals surface area (Å²) >= 11 is 0. The van der Waals surface area contributed by atoms with Crippen molar-refractivity contribution in [2.24, 2.45) is 0 Å². The lowest BCUT2D eigenvalue weighted by atomic mass is 10.1.